The van der Waals surface area contributed by atoms with Gasteiger partial charge in [0.2, 0.25) is 0 Å². The number of ether oxygens (including phenoxy) is 1. The number of unbranched alkanes of at least 4 members (excludes halogenated alkanes) is 12. The molecule has 0 aromatic rings. The van der Waals surface area contributed by atoms with Gasteiger partial charge in [-0.3, -0.25) is 4.79 Å². The third kappa shape index (κ3) is 15.7. The first kappa shape index (κ1) is 25.5. The molecule has 0 amide bonds. The van der Waals surface area contributed by atoms with E-state index in [1.807, 2.05) is 0 Å². The van der Waals surface area contributed by atoms with Crippen molar-refractivity contribution in [2.75, 3.05) is 0 Å². The summed E-state index contributed by atoms with van der Waals surface area (Å²) in [5.41, 5.74) is 0. The van der Waals surface area contributed by atoms with Crippen molar-refractivity contribution < 1.29 is 9.53 Å². The smallest absolute Gasteiger partial charge is 0.306 e. The van der Waals surface area contributed by atoms with E-state index in [-0.39, 0.29) is 12.1 Å². The van der Waals surface area contributed by atoms with Gasteiger partial charge in [-0.15, -0.1) is 0 Å². The Morgan fingerprint density at radius 3 is 1.58 bits per heavy atom. The van der Waals surface area contributed by atoms with Gasteiger partial charge in [-0.05, 0) is 25.2 Å². The average molecular weight is 369 g/mol. The summed E-state index contributed by atoms with van der Waals surface area (Å²) in [4.78, 5) is 12.0. The number of rotatable bonds is 19. The number of esters is 1. The minimum atomic E-state index is 0.0166. The molecule has 2 unspecified atom stereocenters. The van der Waals surface area contributed by atoms with Gasteiger partial charge in [0.15, 0.2) is 0 Å². The maximum absolute atomic E-state index is 12.0. The number of carbonyl (C=O) groups is 1. The number of hydrogen-bond acceptors (Lipinski definition) is 2. The molecule has 0 rings (SSSR count). The van der Waals surface area contributed by atoms with Gasteiger partial charge in [-0.25, -0.2) is 0 Å². The van der Waals surface area contributed by atoms with Crippen molar-refractivity contribution in [3.05, 3.63) is 0 Å². The van der Waals surface area contributed by atoms with E-state index in [9.17, 15) is 4.79 Å². The molecule has 2 nitrogen and oxygen atoms in total. The van der Waals surface area contributed by atoms with E-state index in [1.165, 1.54) is 77.0 Å². The molecule has 26 heavy (non-hydrogen) atoms. The Morgan fingerprint density at radius 2 is 1.15 bits per heavy atom. The fourth-order valence-electron chi connectivity index (χ4n) is 3.76. The molecule has 0 fully saturated rings. The van der Waals surface area contributed by atoms with Crippen molar-refractivity contribution in [1.82, 2.24) is 0 Å². The van der Waals surface area contributed by atoms with Crippen molar-refractivity contribution in [2.45, 2.75) is 143 Å². The van der Waals surface area contributed by atoms with Gasteiger partial charge >= 0.3 is 5.97 Å². The average Bonchev–Trinajstić information content (AvgIpc) is 2.63. The van der Waals surface area contributed by atoms with E-state index >= 15 is 0 Å². The van der Waals surface area contributed by atoms with Crippen molar-refractivity contribution in [3.63, 3.8) is 0 Å². The lowest BCUT2D eigenvalue weighted by atomic mass is 9.97. The largest absolute Gasteiger partial charge is 0.462 e. The maximum Gasteiger partial charge on any atom is 0.306 e. The lowest BCUT2D eigenvalue weighted by Gasteiger charge is -2.22. The van der Waals surface area contributed by atoms with Crippen LogP contribution in [0, 0.1) is 5.92 Å². The Balaban J connectivity index is 3.42. The Labute approximate surface area is 164 Å². The molecule has 0 aliphatic rings. The van der Waals surface area contributed by atoms with E-state index in [2.05, 4.69) is 27.7 Å². The van der Waals surface area contributed by atoms with Crippen LogP contribution in [0.4, 0.5) is 0 Å². The fourth-order valence-corrected chi connectivity index (χ4v) is 3.76. The van der Waals surface area contributed by atoms with Crippen molar-refractivity contribution in [2.24, 2.45) is 5.92 Å². The Morgan fingerprint density at radius 1 is 0.692 bits per heavy atom. The topological polar surface area (TPSA) is 26.3 Å². The summed E-state index contributed by atoms with van der Waals surface area (Å²) in [5, 5.41) is 0. The second-order valence-electron chi connectivity index (χ2n) is 8.20. The second kappa shape index (κ2) is 19.2. The molecule has 2 atom stereocenters. The normalized spacial score (nSPS) is 13.5. The lowest BCUT2D eigenvalue weighted by molar-refractivity contribution is -0.152. The van der Waals surface area contributed by atoms with Crippen LogP contribution in [0.3, 0.4) is 0 Å². The highest BCUT2D eigenvalue weighted by molar-refractivity contribution is 5.69. The zero-order valence-electron chi connectivity index (χ0n) is 18.5. The van der Waals surface area contributed by atoms with Crippen LogP contribution in [0.15, 0.2) is 0 Å². The first-order chi connectivity index (χ1) is 12.7. The van der Waals surface area contributed by atoms with Crippen molar-refractivity contribution >= 4 is 5.97 Å². The molecule has 0 aliphatic heterocycles. The van der Waals surface area contributed by atoms with Gasteiger partial charge in [-0.1, -0.05) is 111 Å². The van der Waals surface area contributed by atoms with Gasteiger partial charge in [-0.2, -0.15) is 0 Å². The summed E-state index contributed by atoms with van der Waals surface area (Å²) in [6.07, 6.45) is 21.4. The molecule has 2 heteroatoms. The van der Waals surface area contributed by atoms with Crippen molar-refractivity contribution in [1.29, 1.82) is 0 Å². The molecule has 0 aromatic heterocycles. The summed E-state index contributed by atoms with van der Waals surface area (Å²) in [7, 11) is 0. The van der Waals surface area contributed by atoms with Gasteiger partial charge in [0.1, 0.15) is 6.10 Å². The number of carbonyl (C=O) groups excluding carboxylic acids is 1. The van der Waals surface area contributed by atoms with E-state index in [4.69, 9.17) is 4.74 Å². The van der Waals surface area contributed by atoms with Crippen LogP contribution in [0.5, 0.6) is 0 Å². The van der Waals surface area contributed by atoms with Gasteiger partial charge < -0.3 is 4.74 Å². The summed E-state index contributed by atoms with van der Waals surface area (Å²) in [6, 6.07) is 0. The number of hydrogen-bond donors (Lipinski definition) is 0. The molecule has 0 saturated heterocycles. The molecule has 156 valence electrons. The zero-order chi connectivity index (χ0) is 19.5. The van der Waals surface area contributed by atoms with Crippen LogP contribution < -0.4 is 0 Å². The van der Waals surface area contributed by atoms with E-state index in [0.29, 0.717) is 12.3 Å². The Bertz CT molecular complexity index is 301. The monoisotopic (exact) mass is 368 g/mol. The Hall–Kier alpha value is -0.530. The molecular formula is C24H48O2. The fraction of sp³-hybridized carbons (Fsp3) is 0.958. The summed E-state index contributed by atoms with van der Waals surface area (Å²) >= 11 is 0. The predicted molar refractivity (Wildman–Crippen MR) is 115 cm³/mol. The standard InChI is InChI=1S/C24H48O2/c1-5-8-9-10-11-12-13-14-15-16-17-18-19-21-24(25)26-23(7-3)22(4)20-6-2/h22-23H,5-21H2,1-4H3. The third-order valence-electron chi connectivity index (χ3n) is 5.55. The molecule has 0 heterocycles. The summed E-state index contributed by atoms with van der Waals surface area (Å²) < 4.78 is 5.68. The first-order valence-electron chi connectivity index (χ1n) is 11.8. The quantitative estimate of drug-likeness (QED) is 0.169. The third-order valence-corrected chi connectivity index (χ3v) is 5.55. The summed E-state index contributed by atoms with van der Waals surface area (Å²) in [5.74, 6) is 0.503. The SMILES string of the molecule is CCCCCCCCCCCCCCCC(=O)OC(CC)C(C)CCC. The highest BCUT2D eigenvalue weighted by atomic mass is 16.5. The zero-order valence-corrected chi connectivity index (χ0v) is 18.5. The molecule has 0 radical (unpaired) electrons. The molecule has 0 N–H and O–H groups in total. The predicted octanol–water partition coefficient (Wildman–Crippen LogP) is 8.23. The molecule has 0 spiro atoms. The van der Waals surface area contributed by atoms with Crippen LogP contribution in [0.2, 0.25) is 0 Å². The minimum absolute atomic E-state index is 0.0166. The van der Waals surface area contributed by atoms with Gasteiger partial charge in [0.05, 0.1) is 0 Å². The van der Waals surface area contributed by atoms with E-state index in [0.717, 1.165) is 25.7 Å². The molecule has 0 saturated carbocycles. The van der Waals surface area contributed by atoms with Crippen LogP contribution in [0.1, 0.15) is 137 Å². The summed E-state index contributed by atoms with van der Waals surface area (Å²) in [6.45, 7) is 8.79. The van der Waals surface area contributed by atoms with Gasteiger partial charge in [0.25, 0.3) is 0 Å². The maximum atomic E-state index is 12.0. The molecular weight excluding hydrogens is 320 g/mol. The molecule has 0 aliphatic carbocycles. The molecule has 0 aromatic carbocycles. The van der Waals surface area contributed by atoms with Crippen LogP contribution in [-0.2, 0) is 9.53 Å². The van der Waals surface area contributed by atoms with E-state index in [1.54, 1.807) is 0 Å². The van der Waals surface area contributed by atoms with Crippen LogP contribution in [-0.4, -0.2) is 12.1 Å². The minimum Gasteiger partial charge on any atom is -0.462 e. The van der Waals surface area contributed by atoms with Crippen molar-refractivity contribution in [3.8, 4) is 0 Å². The van der Waals surface area contributed by atoms with Crippen LogP contribution in [0.25, 0.3) is 0 Å². The van der Waals surface area contributed by atoms with Crippen LogP contribution >= 0.6 is 0 Å². The Kier molecular flexibility index (Phi) is 18.8. The van der Waals surface area contributed by atoms with Gasteiger partial charge in [0, 0.05) is 6.42 Å². The molecule has 0 bridgehead atoms. The van der Waals surface area contributed by atoms with E-state index < -0.39 is 0 Å². The lowest BCUT2D eigenvalue weighted by Crippen LogP contribution is -2.24. The second-order valence-corrected chi connectivity index (χ2v) is 8.20. The first-order valence-corrected chi connectivity index (χ1v) is 11.8. The highest BCUT2D eigenvalue weighted by Crippen LogP contribution is 2.18. The highest BCUT2D eigenvalue weighted by Gasteiger charge is 2.18.